The molecule has 2 aromatic rings. The number of ether oxygens (including phenoxy) is 1. The number of hydrogen-bond donors (Lipinski definition) is 0. The van der Waals surface area contributed by atoms with Gasteiger partial charge in [-0.2, -0.15) is 0 Å². The lowest BCUT2D eigenvalue weighted by Gasteiger charge is -2.32. The van der Waals surface area contributed by atoms with Crippen molar-refractivity contribution >= 4 is 0 Å². The van der Waals surface area contributed by atoms with Crippen molar-refractivity contribution in [3.8, 4) is 0 Å². The molecule has 2 aromatic carbocycles. The fourth-order valence-corrected chi connectivity index (χ4v) is 3.18. The molecule has 0 amide bonds. The van der Waals surface area contributed by atoms with Crippen molar-refractivity contribution in [1.82, 2.24) is 4.90 Å². The van der Waals surface area contributed by atoms with Gasteiger partial charge >= 0.3 is 0 Å². The SMILES string of the molecule is CCOC(CN1CCc2ccccc2C1)c1ccc(C)cc1. The minimum Gasteiger partial charge on any atom is -0.372 e. The molecule has 0 radical (unpaired) electrons. The van der Waals surface area contributed by atoms with E-state index < -0.39 is 0 Å². The van der Waals surface area contributed by atoms with E-state index >= 15 is 0 Å². The average Bonchev–Trinajstić information content (AvgIpc) is 2.55. The molecule has 116 valence electrons. The molecule has 3 rings (SSSR count). The van der Waals surface area contributed by atoms with Crippen LogP contribution in [-0.4, -0.2) is 24.6 Å². The summed E-state index contributed by atoms with van der Waals surface area (Å²) in [4.78, 5) is 2.52. The van der Waals surface area contributed by atoms with Gasteiger partial charge in [0.2, 0.25) is 0 Å². The first-order valence-corrected chi connectivity index (χ1v) is 8.23. The molecule has 1 heterocycles. The molecule has 1 aliphatic rings. The van der Waals surface area contributed by atoms with Crippen LogP contribution in [0.5, 0.6) is 0 Å². The fraction of sp³-hybridized carbons (Fsp3) is 0.400. The van der Waals surface area contributed by atoms with Gasteiger partial charge in [0.25, 0.3) is 0 Å². The first-order valence-electron chi connectivity index (χ1n) is 8.23. The van der Waals surface area contributed by atoms with Crippen molar-refractivity contribution in [2.24, 2.45) is 0 Å². The van der Waals surface area contributed by atoms with Crippen molar-refractivity contribution in [1.29, 1.82) is 0 Å². The van der Waals surface area contributed by atoms with Crippen LogP contribution in [0.25, 0.3) is 0 Å². The van der Waals surface area contributed by atoms with E-state index in [1.54, 1.807) is 0 Å². The molecular weight excluding hydrogens is 270 g/mol. The van der Waals surface area contributed by atoms with Crippen LogP contribution in [0.15, 0.2) is 48.5 Å². The van der Waals surface area contributed by atoms with E-state index in [1.165, 1.54) is 22.3 Å². The number of benzene rings is 2. The maximum atomic E-state index is 6.02. The summed E-state index contributed by atoms with van der Waals surface area (Å²) >= 11 is 0. The van der Waals surface area contributed by atoms with Crippen LogP contribution in [0.2, 0.25) is 0 Å². The van der Waals surface area contributed by atoms with Crippen molar-refractivity contribution in [3.63, 3.8) is 0 Å². The summed E-state index contributed by atoms with van der Waals surface area (Å²) in [5.74, 6) is 0. The molecule has 2 heteroatoms. The Morgan fingerprint density at radius 2 is 1.77 bits per heavy atom. The standard InChI is InChI=1S/C20H25NO/c1-3-22-20(18-10-8-16(2)9-11-18)15-21-13-12-17-6-4-5-7-19(17)14-21/h4-11,20H,3,12-15H2,1-2H3. The first-order chi connectivity index (χ1) is 10.8. The molecule has 0 saturated carbocycles. The summed E-state index contributed by atoms with van der Waals surface area (Å²) in [6, 6.07) is 17.5. The van der Waals surface area contributed by atoms with Crippen LogP contribution in [0.3, 0.4) is 0 Å². The third-order valence-electron chi connectivity index (χ3n) is 4.45. The maximum absolute atomic E-state index is 6.02. The van der Waals surface area contributed by atoms with Gasteiger partial charge in [0.1, 0.15) is 0 Å². The second-order valence-electron chi connectivity index (χ2n) is 6.11. The summed E-state index contributed by atoms with van der Waals surface area (Å²) in [6.07, 6.45) is 1.30. The third kappa shape index (κ3) is 3.57. The van der Waals surface area contributed by atoms with Crippen LogP contribution in [0, 0.1) is 6.92 Å². The number of fused-ring (bicyclic) bond motifs is 1. The molecular formula is C20H25NO. The zero-order chi connectivity index (χ0) is 15.4. The predicted molar refractivity (Wildman–Crippen MR) is 91.0 cm³/mol. The molecule has 0 saturated heterocycles. The molecule has 0 aromatic heterocycles. The Balaban J connectivity index is 1.71. The van der Waals surface area contributed by atoms with Gasteiger partial charge in [0.05, 0.1) is 6.10 Å². The van der Waals surface area contributed by atoms with Crippen LogP contribution in [0.4, 0.5) is 0 Å². The molecule has 22 heavy (non-hydrogen) atoms. The van der Waals surface area contributed by atoms with Crippen LogP contribution < -0.4 is 0 Å². The minimum absolute atomic E-state index is 0.163. The Kier molecular flexibility index (Phi) is 4.91. The third-order valence-corrected chi connectivity index (χ3v) is 4.45. The van der Waals surface area contributed by atoms with E-state index in [0.717, 1.165) is 32.7 Å². The number of hydrogen-bond acceptors (Lipinski definition) is 2. The molecule has 0 fully saturated rings. The monoisotopic (exact) mass is 295 g/mol. The van der Waals surface area contributed by atoms with E-state index in [1.807, 2.05) is 0 Å². The summed E-state index contributed by atoms with van der Waals surface area (Å²) in [6.45, 7) is 8.07. The Morgan fingerprint density at radius 3 is 2.50 bits per heavy atom. The lowest BCUT2D eigenvalue weighted by molar-refractivity contribution is 0.0290. The van der Waals surface area contributed by atoms with Gasteiger partial charge in [-0.25, -0.2) is 0 Å². The molecule has 1 aliphatic heterocycles. The predicted octanol–water partition coefficient (Wildman–Crippen LogP) is 4.13. The average molecular weight is 295 g/mol. The fourth-order valence-electron chi connectivity index (χ4n) is 3.18. The molecule has 1 atom stereocenters. The molecule has 0 spiro atoms. The van der Waals surface area contributed by atoms with Crippen molar-refractivity contribution in [3.05, 3.63) is 70.8 Å². The van der Waals surface area contributed by atoms with Gasteiger partial charge < -0.3 is 4.74 Å². The normalized spacial score (nSPS) is 16.3. The van der Waals surface area contributed by atoms with Gasteiger partial charge in [-0.3, -0.25) is 4.90 Å². The lowest BCUT2D eigenvalue weighted by atomic mass is 9.99. The highest BCUT2D eigenvalue weighted by atomic mass is 16.5. The number of nitrogens with zero attached hydrogens (tertiary/aromatic N) is 1. The molecule has 1 unspecified atom stereocenters. The van der Waals surface area contributed by atoms with Crippen molar-refractivity contribution < 1.29 is 4.74 Å². The lowest BCUT2D eigenvalue weighted by Crippen LogP contribution is -2.34. The van der Waals surface area contributed by atoms with E-state index in [0.29, 0.717) is 0 Å². The van der Waals surface area contributed by atoms with Crippen molar-refractivity contribution in [2.75, 3.05) is 19.7 Å². The van der Waals surface area contributed by atoms with E-state index in [4.69, 9.17) is 4.74 Å². The van der Waals surface area contributed by atoms with Gasteiger partial charge in [0.15, 0.2) is 0 Å². The summed E-state index contributed by atoms with van der Waals surface area (Å²) in [7, 11) is 0. The van der Waals surface area contributed by atoms with E-state index in [2.05, 4.69) is 67.3 Å². The van der Waals surface area contributed by atoms with Gasteiger partial charge in [-0.1, -0.05) is 54.1 Å². The maximum Gasteiger partial charge on any atom is 0.0951 e. The highest BCUT2D eigenvalue weighted by Crippen LogP contribution is 2.24. The van der Waals surface area contributed by atoms with Crippen LogP contribution in [-0.2, 0) is 17.7 Å². The number of rotatable bonds is 5. The van der Waals surface area contributed by atoms with Gasteiger partial charge in [0, 0.05) is 26.2 Å². The van der Waals surface area contributed by atoms with Gasteiger partial charge in [-0.05, 0) is 37.0 Å². The second kappa shape index (κ2) is 7.08. The highest BCUT2D eigenvalue weighted by molar-refractivity contribution is 5.29. The van der Waals surface area contributed by atoms with E-state index in [-0.39, 0.29) is 6.10 Å². The topological polar surface area (TPSA) is 12.5 Å². The van der Waals surface area contributed by atoms with Crippen molar-refractivity contribution in [2.45, 2.75) is 32.9 Å². The summed E-state index contributed by atoms with van der Waals surface area (Å²) < 4.78 is 6.02. The molecule has 0 aliphatic carbocycles. The Morgan fingerprint density at radius 1 is 1.05 bits per heavy atom. The summed E-state index contributed by atoms with van der Waals surface area (Å²) in [5, 5.41) is 0. The van der Waals surface area contributed by atoms with E-state index in [9.17, 15) is 0 Å². The van der Waals surface area contributed by atoms with Crippen LogP contribution in [0.1, 0.15) is 35.3 Å². The highest BCUT2D eigenvalue weighted by Gasteiger charge is 2.20. The quantitative estimate of drug-likeness (QED) is 0.822. The molecule has 2 nitrogen and oxygen atoms in total. The Labute approximate surface area is 133 Å². The zero-order valence-corrected chi connectivity index (χ0v) is 13.6. The summed E-state index contributed by atoms with van der Waals surface area (Å²) in [5.41, 5.74) is 5.55. The smallest absolute Gasteiger partial charge is 0.0951 e. The Hall–Kier alpha value is -1.64. The molecule has 0 N–H and O–H groups in total. The zero-order valence-electron chi connectivity index (χ0n) is 13.6. The number of aryl methyl sites for hydroxylation is 1. The first kappa shape index (κ1) is 15.3. The Bertz CT molecular complexity index is 605. The van der Waals surface area contributed by atoms with Gasteiger partial charge in [-0.15, -0.1) is 0 Å². The second-order valence-corrected chi connectivity index (χ2v) is 6.11. The minimum atomic E-state index is 0.163. The molecule has 0 bridgehead atoms. The largest absolute Gasteiger partial charge is 0.372 e. The van der Waals surface area contributed by atoms with Crippen LogP contribution >= 0.6 is 0 Å².